The minimum atomic E-state index is -4.56. The number of hydrogen-bond acceptors (Lipinski definition) is 8. The molecule has 0 radical (unpaired) electrons. The van der Waals surface area contributed by atoms with Crippen LogP contribution >= 0.6 is 0 Å². The summed E-state index contributed by atoms with van der Waals surface area (Å²) >= 11 is 0. The fourth-order valence-corrected chi connectivity index (χ4v) is 5.46. The third-order valence-electron chi connectivity index (χ3n) is 5.81. The van der Waals surface area contributed by atoms with Gasteiger partial charge in [0.25, 0.3) is 17.7 Å². The van der Waals surface area contributed by atoms with E-state index in [1.807, 2.05) is 0 Å². The van der Waals surface area contributed by atoms with Crippen LogP contribution in [0.1, 0.15) is 41.6 Å². The molecule has 10 nitrogen and oxygen atoms in total. The van der Waals surface area contributed by atoms with Gasteiger partial charge >= 0.3 is 6.18 Å². The van der Waals surface area contributed by atoms with Crippen molar-refractivity contribution in [1.82, 2.24) is 24.7 Å². The number of halogens is 3. The molecule has 0 spiro atoms. The van der Waals surface area contributed by atoms with Crippen LogP contribution in [-0.2, 0) is 9.84 Å². The third-order valence-corrected chi connectivity index (χ3v) is 7.46. The van der Waals surface area contributed by atoms with E-state index >= 15 is 0 Å². The van der Waals surface area contributed by atoms with Crippen molar-refractivity contribution in [3.05, 3.63) is 41.6 Å². The first-order chi connectivity index (χ1) is 16.7. The van der Waals surface area contributed by atoms with Gasteiger partial charge in [0, 0.05) is 5.54 Å². The third kappa shape index (κ3) is 5.86. The van der Waals surface area contributed by atoms with Crippen LogP contribution in [0.2, 0.25) is 0 Å². The first kappa shape index (κ1) is 25.7. The summed E-state index contributed by atoms with van der Waals surface area (Å²) in [5.74, 6) is -0.877. The van der Waals surface area contributed by atoms with Crippen LogP contribution in [0.5, 0.6) is 17.5 Å². The van der Waals surface area contributed by atoms with Crippen LogP contribution in [0.15, 0.2) is 24.5 Å². The van der Waals surface area contributed by atoms with E-state index in [2.05, 4.69) is 20.3 Å². The minimum Gasteiger partial charge on any atom is -0.464 e. The van der Waals surface area contributed by atoms with Crippen LogP contribution in [0.25, 0.3) is 5.65 Å². The molecule has 4 rings (SSSR count). The van der Waals surface area contributed by atoms with Gasteiger partial charge in [-0.1, -0.05) is 0 Å². The summed E-state index contributed by atoms with van der Waals surface area (Å²) in [6.45, 7) is 3.53. The Hall–Kier alpha value is -3.42. The zero-order valence-electron chi connectivity index (χ0n) is 19.7. The Morgan fingerprint density at radius 1 is 1.17 bits per heavy atom. The molecule has 1 fully saturated rings. The van der Waals surface area contributed by atoms with E-state index in [-0.39, 0.29) is 28.8 Å². The summed E-state index contributed by atoms with van der Waals surface area (Å²) < 4.78 is 73.3. The number of aromatic nitrogens is 4. The van der Waals surface area contributed by atoms with Gasteiger partial charge in [-0.25, -0.2) is 23.4 Å². The topological polar surface area (TPSA) is 125 Å². The van der Waals surface area contributed by atoms with E-state index in [9.17, 15) is 26.4 Å². The van der Waals surface area contributed by atoms with E-state index in [0.717, 1.165) is 0 Å². The lowest BCUT2D eigenvalue weighted by molar-refractivity contribution is -0.154. The molecule has 3 aromatic rings. The predicted molar refractivity (Wildman–Crippen MR) is 122 cm³/mol. The van der Waals surface area contributed by atoms with Gasteiger partial charge in [0.2, 0.25) is 0 Å². The molecular weight excluding hydrogens is 503 g/mol. The highest BCUT2D eigenvalue weighted by Gasteiger charge is 2.35. The van der Waals surface area contributed by atoms with E-state index in [1.165, 1.54) is 18.5 Å². The van der Waals surface area contributed by atoms with Crippen molar-refractivity contribution in [2.75, 3.05) is 18.1 Å². The van der Waals surface area contributed by atoms with E-state index in [0.29, 0.717) is 29.9 Å². The fraction of sp³-hybridized carbons (Fsp3) is 0.455. The quantitative estimate of drug-likeness (QED) is 0.518. The van der Waals surface area contributed by atoms with Crippen molar-refractivity contribution < 1.29 is 35.9 Å². The average Bonchev–Trinajstić information content (AvgIpc) is 3.11. The number of carbonyl (C=O) groups is 1. The molecule has 0 aliphatic carbocycles. The Morgan fingerprint density at radius 3 is 2.53 bits per heavy atom. The molecule has 14 heteroatoms. The summed E-state index contributed by atoms with van der Waals surface area (Å²) in [6, 6.07) is 3.10. The summed E-state index contributed by atoms with van der Waals surface area (Å²) in [5.41, 5.74) is 0.822. The Kier molecular flexibility index (Phi) is 6.58. The van der Waals surface area contributed by atoms with Gasteiger partial charge in [0.1, 0.15) is 26.9 Å². The van der Waals surface area contributed by atoms with Crippen LogP contribution in [0, 0.1) is 13.8 Å². The molecular formula is C22H24F3N5O5S. The van der Waals surface area contributed by atoms with E-state index in [1.54, 1.807) is 31.2 Å². The number of amides is 1. The second-order valence-electron chi connectivity index (χ2n) is 8.93. The number of aryl methyl sites for hydroxylation is 2. The molecule has 3 aromatic heterocycles. The maximum absolute atomic E-state index is 13.0. The molecule has 0 bridgehead atoms. The van der Waals surface area contributed by atoms with Crippen molar-refractivity contribution in [3.8, 4) is 17.5 Å². The van der Waals surface area contributed by atoms with Crippen molar-refractivity contribution >= 4 is 21.4 Å². The Labute approximate surface area is 204 Å². The molecule has 0 aromatic carbocycles. The molecule has 1 aliphatic heterocycles. The number of pyridine rings is 1. The summed E-state index contributed by atoms with van der Waals surface area (Å²) in [7, 11) is -3.09. The molecule has 0 atom stereocenters. The Balaban J connectivity index is 1.56. The molecule has 1 N–H and O–H groups in total. The molecule has 36 heavy (non-hydrogen) atoms. The molecule has 0 unspecified atom stereocenters. The van der Waals surface area contributed by atoms with Crippen LogP contribution in [-0.4, -0.2) is 63.5 Å². The van der Waals surface area contributed by atoms with E-state index in [4.69, 9.17) is 9.47 Å². The van der Waals surface area contributed by atoms with Gasteiger partial charge in [-0.3, -0.25) is 9.20 Å². The number of rotatable bonds is 6. The van der Waals surface area contributed by atoms with Crippen molar-refractivity contribution in [2.24, 2.45) is 0 Å². The van der Waals surface area contributed by atoms with Crippen molar-refractivity contribution in [3.63, 3.8) is 0 Å². The lowest BCUT2D eigenvalue weighted by atomic mass is 9.94. The predicted octanol–water partition coefficient (Wildman–Crippen LogP) is 3.17. The standard InChI is InChI=1S/C22H24F3N5O5S/c1-13-10-26-19(34-12-22(23,24)25)20(27-13)35-15-4-5-16-28-17(14(2)30(16)11-15)18(31)29-21(3)6-8-36(32,33)9-7-21/h4-5,10-11H,6-9,12H2,1-3H3,(H,29,31). The lowest BCUT2D eigenvalue weighted by Gasteiger charge is -2.34. The van der Waals surface area contributed by atoms with Crippen LogP contribution in [0.3, 0.4) is 0 Å². The smallest absolute Gasteiger partial charge is 0.422 e. The number of ether oxygens (including phenoxy) is 2. The summed E-state index contributed by atoms with van der Waals surface area (Å²) in [4.78, 5) is 25.3. The number of fused-ring (bicyclic) bond motifs is 1. The van der Waals surface area contributed by atoms with Gasteiger partial charge in [0.15, 0.2) is 6.61 Å². The SMILES string of the molecule is Cc1cnc(OCC(F)(F)F)c(Oc2ccc3nc(C(=O)NC4(C)CCS(=O)(=O)CC4)c(C)n3c2)n1. The summed E-state index contributed by atoms with van der Waals surface area (Å²) in [6.07, 6.45) is -1.17. The molecule has 1 aliphatic rings. The van der Waals surface area contributed by atoms with E-state index < -0.39 is 39.9 Å². The highest BCUT2D eigenvalue weighted by atomic mass is 32.2. The van der Waals surface area contributed by atoms with Crippen LogP contribution in [0.4, 0.5) is 13.2 Å². The highest BCUT2D eigenvalue weighted by molar-refractivity contribution is 7.91. The van der Waals surface area contributed by atoms with Gasteiger partial charge in [-0.15, -0.1) is 0 Å². The normalized spacial score (nSPS) is 17.1. The Morgan fingerprint density at radius 2 is 1.86 bits per heavy atom. The molecule has 1 amide bonds. The Bertz CT molecular complexity index is 1410. The maximum atomic E-state index is 13.0. The number of nitrogens with zero attached hydrogens (tertiary/aromatic N) is 4. The number of hydrogen-bond donors (Lipinski definition) is 1. The highest BCUT2D eigenvalue weighted by Crippen LogP contribution is 2.30. The number of imidazole rings is 1. The number of sulfone groups is 1. The molecule has 194 valence electrons. The molecule has 1 saturated heterocycles. The largest absolute Gasteiger partial charge is 0.464 e. The zero-order valence-corrected chi connectivity index (χ0v) is 20.5. The number of alkyl halides is 3. The van der Waals surface area contributed by atoms with Crippen LogP contribution < -0.4 is 14.8 Å². The monoisotopic (exact) mass is 527 g/mol. The average molecular weight is 528 g/mol. The number of carbonyl (C=O) groups excluding carboxylic acids is 1. The minimum absolute atomic E-state index is 0.00511. The zero-order chi connectivity index (χ0) is 26.3. The van der Waals surface area contributed by atoms with Gasteiger partial charge in [0.05, 0.1) is 35.3 Å². The summed E-state index contributed by atoms with van der Waals surface area (Å²) in [5, 5.41) is 2.91. The maximum Gasteiger partial charge on any atom is 0.422 e. The lowest BCUT2D eigenvalue weighted by Crippen LogP contribution is -2.51. The second kappa shape index (κ2) is 9.22. The van der Waals surface area contributed by atoms with Crippen molar-refractivity contribution in [2.45, 2.75) is 45.3 Å². The fourth-order valence-electron chi connectivity index (χ4n) is 3.74. The van der Waals surface area contributed by atoms with Gasteiger partial charge in [-0.2, -0.15) is 13.2 Å². The van der Waals surface area contributed by atoms with Gasteiger partial charge in [-0.05, 0) is 45.7 Å². The first-order valence-electron chi connectivity index (χ1n) is 11.0. The first-order valence-corrected chi connectivity index (χ1v) is 12.8. The van der Waals surface area contributed by atoms with Gasteiger partial charge < -0.3 is 14.8 Å². The molecule has 0 saturated carbocycles. The second-order valence-corrected chi connectivity index (χ2v) is 11.2. The molecule has 4 heterocycles. The number of nitrogens with one attached hydrogen (secondary N) is 1. The van der Waals surface area contributed by atoms with Crippen molar-refractivity contribution in [1.29, 1.82) is 0 Å².